The Labute approximate surface area is 115 Å². The summed E-state index contributed by atoms with van der Waals surface area (Å²) < 4.78 is 15.8. The van der Waals surface area contributed by atoms with Crippen molar-refractivity contribution in [1.29, 1.82) is 0 Å². The van der Waals surface area contributed by atoms with E-state index in [4.69, 9.17) is 0 Å². The van der Waals surface area contributed by atoms with Crippen LogP contribution in [-0.4, -0.2) is 46.3 Å². The molecule has 19 heavy (non-hydrogen) atoms. The minimum Gasteiger partial charge on any atom is -0.341 e. The van der Waals surface area contributed by atoms with E-state index in [1.165, 1.54) is 0 Å². The minimum absolute atomic E-state index is 0.544. The summed E-state index contributed by atoms with van der Waals surface area (Å²) in [6, 6.07) is 0. The van der Waals surface area contributed by atoms with Crippen LogP contribution in [0.2, 0.25) is 0 Å². The highest BCUT2D eigenvalue weighted by atomic mass is 32.2. The zero-order valence-electron chi connectivity index (χ0n) is 11.9. The third kappa shape index (κ3) is 4.45. The van der Waals surface area contributed by atoms with Crippen molar-refractivity contribution in [3.05, 3.63) is 18.0 Å². The summed E-state index contributed by atoms with van der Waals surface area (Å²) in [6.45, 7) is 4.62. The van der Waals surface area contributed by atoms with Crippen LogP contribution in [0.5, 0.6) is 0 Å². The molecule has 1 fully saturated rings. The summed E-state index contributed by atoms with van der Waals surface area (Å²) in [5.74, 6) is 1.36. The lowest BCUT2D eigenvalue weighted by Gasteiger charge is -2.31. The molecular formula is C13H22N4OS. The van der Waals surface area contributed by atoms with Gasteiger partial charge < -0.3 is 4.90 Å². The Balaban J connectivity index is 1.89. The van der Waals surface area contributed by atoms with E-state index in [1.807, 2.05) is 19.3 Å². The van der Waals surface area contributed by atoms with Crippen LogP contribution >= 0.6 is 0 Å². The lowest BCUT2D eigenvalue weighted by atomic mass is 9.97. The second kappa shape index (κ2) is 5.86. The quantitative estimate of drug-likeness (QED) is 0.847. The topological polar surface area (TPSA) is 58.5 Å². The molecule has 0 unspecified atom stereocenters. The lowest BCUT2D eigenvalue weighted by Crippen LogP contribution is -2.35. The number of anilines is 1. The van der Waals surface area contributed by atoms with Gasteiger partial charge >= 0.3 is 0 Å². The van der Waals surface area contributed by atoms with Crippen LogP contribution in [0.15, 0.2) is 16.8 Å². The van der Waals surface area contributed by atoms with Gasteiger partial charge in [0.15, 0.2) is 0 Å². The first-order valence-corrected chi connectivity index (χ1v) is 8.94. The monoisotopic (exact) mass is 282 g/mol. The molecule has 0 spiro atoms. The maximum Gasteiger partial charge on any atom is 0.225 e. The summed E-state index contributed by atoms with van der Waals surface area (Å²) in [5, 5.41) is 0. The fourth-order valence-corrected chi connectivity index (χ4v) is 2.72. The molecule has 2 rings (SSSR count). The molecule has 106 valence electrons. The van der Waals surface area contributed by atoms with E-state index in [-0.39, 0.29) is 0 Å². The SMILES string of the molecule is Cc1cnc(N2CCC(CN=S(C)(C)=O)CC2)nc1. The van der Waals surface area contributed by atoms with Crippen molar-refractivity contribution in [2.75, 3.05) is 37.0 Å². The van der Waals surface area contributed by atoms with E-state index < -0.39 is 9.73 Å². The van der Waals surface area contributed by atoms with E-state index in [0.29, 0.717) is 12.5 Å². The fourth-order valence-electron chi connectivity index (χ4n) is 2.15. The molecule has 1 aromatic rings. The fraction of sp³-hybridized carbons (Fsp3) is 0.692. The van der Waals surface area contributed by atoms with E-state index in [2.05, 4.69) is 19.2 Å². The Bertz CT molecular complexity index is 518. The molecule has 0 radical (unpaired) electrons. The van der Waals surface area contributed by atoms with Crippen molar-refractivity contribution in [3.63, 3.8) is 0 Å². The lowest BCUT2D eigenvalue weighted by molar-refractivity contribution is 0.413. The molecule has 1 aliphatic rings. The first-order chi connectivity index (χ1) is 8.94. The molecule has 0 aliphatic carbocycles. The van der Waals surface area contributed by atoms with Gasteiger partial charge in [0.05, 0.1) is 6.54 Å². The molecule has 2 heterocycles. The number of rotatable bonds is 3. The predicted molar refractivity (Wildman–Crippen MR) is 79.0 cm³/mol. The van der Waals surface area contributed by atoms with Crippen LogP contribution in [-0.2, 0) is 9.73 Å². The minimum atomic E-state index is -1.96. The molecule has 0 N–H and O–H groups in total. The van der Waals surface area contributed by atoms with E-state index in [9.17, 15) is 4.21 Å². The number of aromatic nitrogens is 2. The van der Waals surface area contributed by atoms with E-state index in [1.54, 1.807) is 12.5 Å². The van der Waals surface area contributed by atoms with Crippen LogP contribution in [0.4, 0.5) is 5.95 Å². The molecule has 0 amide bonds. The second-order valence-electron chi connectivity index (χ2n) is 5.48. The maximum absolute atomic E-state index is 11.6. The Hall–Kier alpha value is -1.17. The van der Waals surface area contributed by atoms with Gasteiger partial charge in [-0.15, -0.1) is 0 Å². The zero-order valence-corrected chi connectivity index (χ0v) is 12.7. The maximum atomic E-state index is 11.6. The normalized spacial score (nSPS) is 17.5. The van der Waals surface area contributed by atoms with Crippen LogP contribution < -0.4 is 4.90 Å². The number of aryl methyl sites for hydroxylation is 1. The highest BCUT2D eigenvalue weighted by Gasteiger charge is 2.20. The van der Waals surface area contributed by atoms with Gasteiger partial charge in [-0.25, -0.2) is 14.3 Å². The van der Waals surface area contributed by atoms with Gasteiger partial charge in [-0.3, -0.25) is 4.21 Å². The molecule has 1 aliphatic heterocycles. The van der Waals surface area contributed by atoms with Crippen molar-refractivity contribution in [2.24, 2.45) is 10.3 Å². The van der Waals surface area contributed by atoms with Crippen molar-refractivity contribution in [1.82, 2.24) is 9.97 Å². The van der Waals surface area contributed by atoms with Gasteiger partial charge in [0, 0.05) is 47.7 Å². The largest absolute Gasteiger partial charge is 0.341 e. The molecule has 5 nitrogen and oxygen atoms in total. The highest BCUT2D eigenvalue weighted by Crippen LogP contribution is 2.20. The van der Waals surface area contributed by atoms with Crippen LogP contribution in [0.1, 0.15) is 18.4 Å². The number of hydrogen-bond donors (Lipinski definition) is 0. The molecule has 1 saturated heterocycles. The molecule has 6 heteroatoms. The Morgan fingerprint density at radius 3 is 2.42 bits per heavy atom. The smallest absolute Gasteiger partial charge is 0.225 e. The third-order valence-corrected chi connectivity index (χ3v) is 4.08. The van der Waals surface area contributed by atoms with Crippen LogP contribution in [0.25, 0.3) is 0 Å². The first kappa shape index (κ1) is 14.2. The van der Waals surface area contributed by atoms with Crippen molar-refractivity contribution >= 4 is 15.7 Å². The van der Waals surface area contributed by atoms with Gasteiger partial charge in [-0.2, -0.15) is 0 Å². The Kier molecular flexibility index (Phi) is 4.39. The summed E-state index contributed by atoms with van der Waals surface area (Å²) >= 11 is 0. The van der Waals surface area contributed by atoms with Gasteiger partial charge in [-0.1, -0.05) is 0 Å². The zero-order chi connectivity index (χ0) is 13.9. The summed E-state index contributed by atoms with van der Waals surface area (Å²) in [7, 11) is -1.96. The average Bonchev–Trinajstić information content (AvgIpc) is 2.37. The summed E-state index contributed by atoms with van der Waals surface area (Å²) in [5.41, 5.74) is 1.08. The number of hydrogen-bond acceptors (Lipinski definition) is 5. The molecule has 0 atom stereocenters. The van der Waals surface area contributed by atoms with Crippen molar-refractivity contribution in [3.8, 4) is 0 Å². The first-order valence-electron chi connectivity index (χ1n) is 6.60. The van der Waals surface area contributed by atoms with E-state index >= 15 is 0 Å². The van der Waals surface area contributed by atoms with Crippen molar-refractivity contribution < 1.29 is 4.21 Å². The van der Waals surface area contributed by atoms with Gasteiger partial charge in [-0.05, 0) is 31.2 Å². The summed E-state index contributed by atoms with van der Waals surface area (Å²) in [4.78, 5) is 10.9. The second-order valence-corrected chi connectivity index (χ2v) is 8.10. The molecule has 0 saturated carbocycles. The molecule has 0 bridgehead atoms. The van der Waals surface area contributed by atoms with Crippen LogP contribution in [0, 0.1) is 12.8 Å². The Morgan fingerprint density at radius 1 is 1.32 bits per heavy atom. The number of nitrogens with zero attached hydrogens (tertiary/aromatic N) is 4. The molecule has 0 aromatic carbocycles. The summed E-state index contributed by atoms with van der Waals surface area (Å²) in [6.07, 6.45) is 9.23. The average molecular weight is 282 g/mol. The molecular weight excluding hydrogens is 260 g/mol. The predicted octanol–water partition coefficient (Wildman–Crippen LogP) is 1.73. The van der Waals surface area contributed by atoms with Gasteiger partial charge in [0.1, 0.15) is 0 Å². The van der Waals surface area contributed by atoms with Crippen molar-refractivity contribution in [2.45, 2.75) is 19.8 Å². The van der Waals surface area contributed by atoms with E-state index in [0.717, 1.165) is 37.4 Å². The molecule has 1 aromatic heterocycles. The standard InChI is InChI=1S/C13H22N4OS/c1-11-8-14-13(15-9-11)17-6-4-12(5-7-17)10-16-19(2,3)18/h8-9,12H,4-7,10H2,1-3H3. The van der Waals surface area contributed by atoms with Crippen LogP contribution in [0.3, 0.4) is 0 Å². The number of piperidine rings is 1. The Morgan fingerprint density at radius 2 is 1.89 bits per heavy atom. The van der Waals surface area contributed by atoms with Gasteiger partial charge in [0.25, 0.3) is 0 Å². The van der Waals surface area contributed by atoms with Gasteiger partial charge in [0.2, 0.25) is 5.95 Å². The third-order valence-electron chi connectivity index (χ3n) is 3.31. The highest BCUT2D eigenvalue weighted by molar-refractivity contribution is 7.92.